The predicted octanol–water partition coefficient (Wildman–Crippen LogP) is 3.96. The largest absolute Gasteiger partial charge is 0.496 e. The molecule has 3 heteroatoms. The summed E-state index contributed by atoms with van der Waals surface area (Å²) in [6, 6.07) is 11.0. The van der Waals surface area contributed by atoms with Crippen LogP contribution in [0.4, 0.5) is 0 Å². The minimum absolute atomic E-state index is 0.851. The lowest BCUT2D eigenvalue weighted by molar-refractivity contribution is 0.411. The van der Waals surface area contributed by atoms with Crippen molar-refractivity contribution in [3.05, 3.63) is 58.3 Å². The molecule has 0 atom stereocenters. The van der Waals surface area contributed by atoms with Crippen molar-refractivity contribution in [2.45, 2.75) is 32.6 Å². The molecule has 112 valence electrons. The van der Waals surface area contributed by atoms with Gasteiger partial charge in [0.2, 0.25) is 0 Å². The van der Waals surface area contributed by atoms with Gasteiger partial charge in [0.25, 0.3) is 0 Å². The predicted molar refractivity (Wildman–Crippen MR) is 88.7 cm³/mol. The van der Waals surface area contributed by atoms with Crippen LogP contribution in [0.5, 0.6) is 5.75 Å². The lowest BCUT2D eigenvalue weighted by Gasteiger charge is -2.07. The number of methoxy groups -OCH3 is 1. The van der Waals surface area contributed by atoms with Crippen LogP contribution in [0, 0.1) is 6.92 Å². The Bertz CT molecular complexity index is 848. The molecule has 0 unspecified atom stereocenters. The van der Waals surface area contributed by atoms with Crippen LogP contribution in [0.15, 0.2) is 30.3 Å². The zero-order valence-electron chi connectivity index (χ0n) is 13.1. The lowest BCUT2D eigenvalue weighted by atomic mass is 10.0. The van der Waals surface area contributed by atoms with Crippen LogP contribution in [0.1, 0.15) is 34.4 Å². The van der Waals surface area contributed by atoms with Crippen molar-refractivity contribution in [2.24, 2.45) is 0 Å². The zero-order chi connectivity index (χ0) is 15.1. The molecule has 0 aliphatic heterocycles. The van der Waals surface area contributed by atoms with E-state index in [-0.39, 0.29) is 0 Å². The SMILES string of the molecule is COc1ccc(Cc2n[nH]c3cc4c(cc23)CCC4)cc1C. The molecule has 0 fully saturated rings. The summed E-state index contributed by atoms with van der Waals surface area (Å²) >= 11 is 0. The maximum Gasteiger partial charge on any atom is 0.121 e. The van der Waals surface area contributed by atoms with E-state index in [1.54, 1.807) is 7.11 Å². The van der Waals surface area contributed by atoms with Gasteiger partial charge in [-0.25, -0.2) is 0 Å². The number of H-pyrrole nitrogens is 1. The maximum atomic E-state index is 5.33. The average Bonchev–Trinajstić information content (AvgIpc) is 3.12. The summed E-state index contributed by atoms with van der Waals surface area (Å²) in [5.74, 6) is 0.938. The molecule has 2 aromatic carbocycles. The number of fused-ring (bicyclic) bond motifs is 2. The van der Waals surface area contributed by atoms with E-state index in [9.17, 15) is 0 Å². The molecule has 4 rings (SSSR count). The number of nitrogens with zero attached hydrogens (tertiary/aromatic N) is 1. The lowest BCUT2D eigenvalue weighted by Crippen LogP contribution is -1.93. The molecule has 1 aliphatic carbocycles. The van der Waals surface area contributed by atoms with E-state index in [1.807, 2.05) is 6.07 Å². The topological polar surface area (TPSA) is 37.9 Å². The van der Waals surface area contributed by atoms with Gasteiger partial charge in [-0.1, -0.05) is 12.1 Å². The Kier molecular flexibility index (Phi) is 3.14. The van der Waals surface area contributed by atoms with Crippen LogP contribution >= 0.6 is 0 Å². The quantitative estimate of drug-likeness (QED) is 0.793. The fourth-order valence-electron chi connectivity index (χ4n) is 3.52. The molecule has 3 nitrogen and oxygen atoms in total. The van der Waals surface area contributed by atoms with E-state index >= 15 is 0 Å². The summed E-state index contributed by atoms with van der Waals surface area (Å²) < 4.78 is 5.33. The fraction of sp³-hybridized carbons (Fsp3) is 0.316. The molecule has 0 saturated heterocycles. The number of benzene rings is 2. The van der Waals surface area contributed by atoms with Crippen LogP contribution in [0.25, 0.3) is 10.9 Å². The number of hydrogen-bond acceptors (Lipinski definition) is 2. The first-order chi connectivity index (χ1) is 10.7. The summed E-state index contributed by atoms with van der Waals surface area (Å²) in [5.41, 5.74) is 7.73. The van der Waals surface area contributed by atoms with Crippen LogP contribution in [-0.4, -0.2) is 17.3 Å². The first-order valence-electron chi connectivity index (χ1n) is 7.87. The molecule has 0 bridgehead atoms. The van der Waals surface area contributed by atoms with Gasteiger partial charge in [0, 0.05) is 11.8 Å². The van der Waals surface area contributed by atoms with E-state index < -0.39 is 0 Å². The molecule has 0 saturated carbocycles. The first kappa shape index (κ1) is 13.4. The Morgan fingerprint density at radius 1 is 1.14 bits per heavy atom. The second kappa shape index (κ2) is 5.16. The fourth-order valence-corrected chi connectivity index (χ4v) is 3.52. The van der Waals surface area contributed by atoms with Crippen molar-refractivity contribution in [3.8, 4) is 5.75 Å². The molecule has 0 amide bonds. The molecule has 3 aromatic rings. The summed E-state index contributed by atoms with van der Waals surface area (Å²) in [5, 5.41) is 9.02. The highest BCUT2D eigenvalue weighted by atomic mass is 16.5. The third-order valence-electron chi connectivity index (χ3n) is 4.69. The normalized spacial score (nSPS) is 13.5. The third kappa shape index (κ3) is 2.17. The van der Waals surface area contributed by atoms with Gasteiger partial charge in [0.15, 0.2) is 0 Å². The smallest absolute Gasteiger partial charge is 0.121 e. The molecule has 0 radical (unpaired) electrons. The van der Waals surface area contributed by atoms with Gasteiger partial charge in [-0.3, -0.25) is 5.10 Å². The van der Waals surface area contributed by atoms with E-state index in [0.717, 1.165) is 17.9 Å². The number of rotatable bonds is 3. The summed E-state index contributed by atoms with van der Waals surface area (Å²) in [4.78, 5) is 0. The summed E-state index contributed by atoms with van der Waals surface area (Å²) in [6.45, 7) is 2.08. The van der Waals surface area contributed by atoms with Crippen molar-refractivity contribution in [1.29, 1.82) is 0 Å². The highest BCUT2D eigenvalue weighted by molar-refractivity contribution is 5.83. The van der Waals surface area contributed by atoms with Gasteiger partial charge < -0.3 is 4.74 Å². The van der Waals surface area contributed by atoms with Crippen LogP contribution in [0.3, 0.4) is 0 Å². The van der Waals surface area contributed by atoms with Crippen molar-refractivity contribution in [3.63, 3.8) is 0 Å². The molecule has 1 N–H and O–H groups in total. The molecule has 0 spiro atoms. The van der Waals surface area contributed by atoms with Crippen molar-refractivity contribution >= 4 is 10.9 Å². The monoisotopic (exact) mass is 292 g/mol. The minimum Gasteiger partial charge on any atom is -0.496 e. The van der Waals surface area contributed by atoms with Gasteiger partial charge in [0.1, 0.15) is 5.75 Å². The molecular weight excluding hydrogens is 272 g/mol. The summed E-state index contributed by atoms with van der Waals surface area (Å²) in [6.07, 6.45) is 4.54. The molecule has 1 heterocycles. The number of nitrogens with one attached hydrogen (secondary N) is 1. The highest BCUT2D eigenvalue weighted by Gasteiger charge is 2.15. The van der Waals surface area contributed by atoms with Gasteiger partial charge in [-0.15, -0.1) is 0 Å². The van der Waals surface area contributed by atoms with Crippen LogP contribution in [-0.2, 0) is 19.3 Å². The Morgan fingerprint density at radius 3 is 2.73 bits per heavy atom. The zero-order valence-corrected chi connectivity index (χ0v) is 13.1. The summed E-state index contributed by atoms with van der Waals surface area (Å²) in [7, 11) is 1.71. The second-order valence-electron chi connectivity index (χ2n) is 6.17. The molecular formula is C19H20N2O. The number of hydrogen-bond donors (Lipinski definition) is 1. The van der Waals surface area contributed by atoms with E-state index in [4.69, 9.17) is 4.74 Å². The molecule has 1 aromatic heterocycles. The highest BCUT2D eigenvalue weighted by Crippen LogP contribution is 2.29. The van der Waals surface area contributed by atoms with Gasteiger partial charge in [0.05, 0.1) is 18.3 Å². The van der Waals surface area contributed by atoms with Gasteiger partial charge in [-0.2, -0.15) is 5.10 Å². The van der Waals surface area contributed by atoms with E-state index in [2.05, 4.69) is 41.4 Å². The van der Waals surface area contributed by atoms with Crippen LogP contribution < -0.4 is 4.74 Å². The van der Waals surface area contributed by atoms with Crippen LogP contribution in [0.2, 0.25) is 0 Å². The Labute approximate surface area is 130 Å². The molecule has 1 aliphatic rings. The Balaban J connectivity index is 1.71. The van der Waals surface area contributed by atoms with Crippen molar-refractivity contribution < 1.29 is 4.74 Å². The number of aromatic amines is 1. The number of ether oxygens (including phenoxy) is 1. The standard InChI is InChI=1S/C19H20N2O/c1-12-8-13(6-7-19(12)22-2)9-17-16-10-14-4-3-5-15(14)11-18(16)21-20-17/h6-8,10-11H,3-5,9H2,1-2H3,(H,20,21). The van der Waals surface area contributed by atoms with Gasteiger partial charge in [-0.05, 0) is 66.6 Å². The number of aryl methyl sites for hydroxylation is 3. The van der Waals surface area contributed by atoms with Gasteiger partial charge >= 0.3 is 0 Å². The van der Waals surface area contributed by atoms with Crippen molar-refractivity contribution in [1.82, 2.24) is 10.2 Å². The Hall–Kier alpha value is -2.29. The second-order valence-corrected chi connectivity index (χ2v) is 6.17. The molecule has 22 heavy (non-hydrogen) atoms. The third-order valence-corrected chi connectivity index (χ3v) is 4.69. The maximum absolute atomic E-state index is 5.33. The van der Waals surface area contributed by atoms with Crippen molar-refractivity contribution in [2.75, 3.05) is 7.11 Å². The van der Waals surface area contributed by atoms with E-state index in [1.165, 1.54) is 52.4 Å². The van der Waals surface area contributed by atoms with E-state index in [0.29, 0.717) is 0 Å². The minimum atomic E-state index is 0.851. The average molecular weight is 292 g/mol. The number of aromatic nitrogens is 2. The first-order valence-corrected chi connectivity index (χ1v) is 7.87. The Morgan fingerprint density at radius 2 is 1.95 bits per heavy atom.